The fourth-order valence-electron chi connectivity index (χ4n) is 8.52. The molecule has 1 N–H and O–H groups in total. The molecule has 0 unspecified atom stereocenters. The molecule has 2 bridgehead atoms. The normalized spacial score (nSPS) is 29.5. The van der Waals surface area contributed by atoms with E-state index < -0.39 is 26.8 Å². The van der Waals surface area contributed by atoms with Crippen molar-refractivity contribution in [2.45, 2.75) is 76.3 Å². The number of aliphatic imine (C=N–C) groups is 1. The van der Waals surface area contributed by atoms with Gasteiger partial charge in [-0.05, 0) is 117 Å². The third-order valence-corrected chi connectivity index (χ3v) is 14.4. The zero-order valence-electron chi connectivity index (χ0n) is 31.9. The molecule has 0 aromatic heterocycles. The van der Waals surface area contributed by atoms with Gasteiger partial charge in [0, 0.05) is 77.1 Å². The number of carbonyl (C=O) groups excluding carboxylic acids is 1. The maximum Gasteiger partial charge on any atom is 0.264 e. The molecule has 12 heteroatoms. The predicted octanol–water partition coefficient (Wildman–Crippen LogP) is 6.23. The van der Waals surface area contributed by atoms with E-state index >= 15 is 0 Å². The number of nitrogens with zero attached hydrogens (tertiary/aromatic N) is 4. The molecule has 290 valence electrons. The van der Waals surface area contributed by atoms with Crippen molar-refractivity contribution in [1.82, 2.24) is 14.5 Å². The van der Waals surface area contributed by atoms with E-state index in [1.54, 1.807) is 13.0 Å². The van der Waals surface area contributed by atoms with Crippen molar-refractivity contribution in [3.8, 4) is 5.75 Å². The third-order valence-electron chi connectivity index (χ3n) is 12.2. The summed E-state index contributed by atoms with van der Waals surface area (Å²) in [5, 5.41) is -0.0635. The molecule has 6 rings (SSSR count). The van der Waals surface area contributed by atoms with Crippen molar-refractivity contribution >= 4 is 39.4 Å². The van der Waals surface area contributed by atoms with Crippen molar-refractivity contribution in [1.29, 1.82) is 0 Å². The van der Waals surface area contributed by atoms with Gasteiger partial charge in [-0.3, -0.25) is 9.69 Å². The second kappa shape index (κ2) is 17.7. The van der Waals surface area contributed by atoms with E-state index in [-0.39, 0.29) is 11.8 Å². The van der Waals surface area contributed by atoms with Crippen molar-refractivity contribution < 1.29 is 22.7 Å². The molecule has 3 aliphatic heterocycles. The summed E-state index contributed by atoms with van der Waals surface area (Å²) in [6, 6.07) is 11.3. The third kappa shape index (κ3) is 9.47. The van der Waals surface area contributed by atoms with Crippen LogP contribution >= 0.6 is 11.6 Å². The van der Waals surface area contributed by atoms with Crippen LogP contribution in [0.1, 0.15) is 73.9 Å². The molecule has 2 fully saturated rings. The smallest absolute Gasteiger partial charge is 0.264 e. The molecular formula is C41H58ClN5O5S. The van der Waals surface area contributed by atoms with Crippen LogP contribution < -0.4 is 14.4 Å². The van der Waals surface area contributed by atoms with Gasteiger partial charge in [0.2, 0.25) is 10.0 Å². The molecule has 2 aromatic rings. The minimum absolute atomic E-state index is 0.222. The van der Waals surface area contributed by atoms with Crippen LogP contribution in [0, 0.1) is 17.8 Å². The molecule has 5 atom stereocenters. The Morgan fingerprint density at radius 1 is 1.04 bits per heavy atom. The number of ether oxygens (including phenoxy) is 2. The minimum Gasteiger partial charge on any atom is -0.487 e. The number of rotatable bonds is 6. The molecular weight excluding hydrogens is 710 g/mol. The van der Waals surface area contributed by atoms with E-state index in [0.29, 0.717) is 30.3 Å². The van der Waals surface area contributed by atoms with Gasteiger partial charge >= 0.3 is 0 Å². The maximum atomic E-state index is 13.6. The summed E-state index contributed by atoms with van der Waals surface area (Å²) in [6.45, 7) is 11.3. The largest absolute Gasteiger partial charge is 0.487 e. The lowest BCUT2D eigenvalue weighted by molar-refractivity contribution is -0.0953. The van der Waals surface area contributed by atoms with Crippen LogP contribution in [0.2, 0.25) is 5.02 Å². The van der Waals surface area contributed by atoms with Crippen LogP contribution in [-0.4, -0.2) is 108 Å². The number of benzene rings is 2. The fraction of sp³-hybridized carbons (Fsp3) is 0.610. The van der Waals surface area contributed by atoms with E-state index in [4.69, 9.17) is 21.1 Å². The number of nitrogens with one attached hydrogen (secondary N) is 1. The average Bonchev–Trinajstić information content (AvgIpc) is 3.16. The number of allylic oxidation sites excluding steroid dienone is 1. The summed E-state index contributed by atoms with van der Waals surface area (Å²) < 4.78 is 42.8. The number of carbonyl (C=O) groups is 1. The summed E-state index contributed by atoms with van der Waals surface area (Å²) in [6.07, 6.45) is 12.8. The van der Waals surface area contributed by atoms with Gasteiger partial charge in [0.25, 0.3) is 5.91 Å². The highest BCUT2D eigenvalue weighted by Gasteiger charge is 2.48. The Labute approximate surface area is 322 Å². The molecule has 0 radical (unpaired) electrons. The lowest BCUT2D eigenvalue weighted by Crippen LogP contribution is -2.58. The number of methoxy groups -OCH3 is 1. The zero-order chi connectivity index (χ0) is 37.6. The van der Waals surface area contributed by atoms with Crippen LogP contribution in [0.3, 0.4) is 0 Å². The first-order chi connectivity index (χ1) is 25.5. The quantitative estimate of drug-likeness (QED) is 0.273. The number of anilines is 1. The zero-order valence-corrected chi connectivity index (χ0v) is 33.5. The van der Waals surface area contributed by atoms with Gasteiger partial charge in [-0.15, -0.1) is 0 Å². The highest BCUT2D eigenvalue weighted by molar-refractivity contribution is 7.90. The first kappa shape index (κ1) is 39.7. The molecule has 0 spiro atoms. The molecule has 3 heterocycles. The lowest BCUT2D eigenvalue weighted by Gasteiger charge is -2.52. The van der Waals surface area contributed by atoms with Crippen molar-refractivity contribution in [3.05, 3.63) is 70.3 Å². The minimum atomic E-state index is -3.96. The molecule has 4 aliphatic rings. The van der Waals surface area contributed by atoms with Crippen LogP contribution in [0.15, 0.2) is 53.5 Å². The SMILES string of the molecule is CN=CCCN1CCN(C[C@]2(OC)/C=C/C[C@H](C)[C@@H](C)S(=O)(=O)NC(=O)c3ccc4c(c3)N(CCCCc3cc(Cl)ccc3CO4)C[C@@H]3CC[C@H]32)CC1. The molecule has 1 aliphatic carbocycles. The summed E-state index contributed by atoms with van der Waals surface area (Å²) in [5.41, 5.74) is 2.87. The Hall–Kier alpha value is -2.96. The van der Waals surface area contributed by atoms with Gasteiger partial charge in [0.05, 0.1) is 10.9 Å². The van der Waals surface area contributed by atoms with E-state index in [0.717, 1.165) is 107 Å². The van der Waals surface area contributed by atoms with Crippen LogP contribution in [-0.2, 0) is 27.8 Å². The molecule has 1 saturated carbocycles. The Morgan fingerprint density at radius 2 is 1.83 bits per heavy atom. The van der Waals surface area contributed by atoms with E-state index in [1.165, 1.54) is 5.56 Å². The number of sulfonamides is 1. The van der Waals surface area contributed by atoms with Gasteiger partial charge in [-0.1, -0.05) is 36.7 Å². The number of hydrogen-bond acceptors (Lipinski definition) is 9. The van der Waals surface area contributed by atoms with Crippen LogP contribution in [0.4, 0.5) is 5.69 Å². The number of aryl methyl sites for hydroxylation is 1. The first-order valence-electron chi connectivity index (χ1n) is 19.4. The van der Waals surface area contributed by atoms with E-state index in [9.17, 15) is 13.2 Å². The highest BCUT2D eigenvalue weighted by Crippen LogP contribution is 2.47. The second-order valence-electron chi connectivity index (χ2n) is 15.5. The summed E-state index contributed by atoms with van der Waals surface area (Å²) in [7, 11) is -0.284. The summed E-state index contributed by atoms with van der Waals surface area (Å²) in [5.74, 6) is 0.451. The predicted molar refractivity (Wildman–Crippen MR) is 214 cm³/mol. The number of fused-ring (bicyclic) bond motifs is 3. The van der Waals surface area contributed by atoms with Crippen molar-refractivity contribution in [2.75, 3.05) is 71.4 Å². The van der Waals surface area contributed by atoms with Crippen molar-refractivity contribution in [2.24, 2.45) is 22.7 Å². The molecule has 2 aromatic carbocycles. The number of amides is 1. The summed E-state index contributed by atoms with van der Waals surface area (Å²) in [4.78, 5) is 25.2. The number of hydrogen-bond donors (Lipinski definition) is 1. The molecule has 10 nitrogen and oxygen atoms in total. The summed E-state index contributed by atoms with van der Waals surface area (Å²) >= 11 is 6.41. The van der Waals surface area contributed by atoms with Gasteiger partial charge in [0.1, 0.15) is 18.0 Å². The Bertz CT molecular complexity index is 1750. The highest BCUT2D eigenvalue weighted by atomic mass is 35.5. The maximum absolute atomic E-state index is 13.6. The van der Waals surface area contributed by atoms with Gasteiger partial charge in [-0.2, -0.15) is 0 Å². The monoisotopic (exact) mass is 767 g/mol. The lowest BCUT2D eigenvalue weighted by atomic mass is 9.63. The number of piperazine rings is 1. The van der Waals surface area contributed by atoms with Gasteiger partial charge in [0.15, 0.2) is 0 Å². The van der Waals surface area contributed by atoms with Crippen LogP contribution in [0.25, 0.3) is 0 Å². The Morgan fingerprint density at radius 3 is 2.57 bits per heavy atom. The molecule has 1 amide bonds. The Kier molecular flexibility index (Phi) is 13.2. The standard InChI is InChI=1S/C41H58ClN5O5S/c1-30-9-7-17-41(51-4,29-46-23-21-45(22-24-46)19-8-18-43-3)37-15-12-34(37)27-47-20-6-5-10-32-25-36(42)14-11-35(32)28-52-39-16-13-33(26-38(39)47)40(48)44-53(49,50)31(30)2/h7,11,13-14,16-18,25-26,30-31,34,37H,5-6,8-10,12,15,19-24,27-29H2,1-4H3,(H,44,48)/b17-7+,43-18?/t30-,31+,34-,37+,41+/m0/s1. The Balaban J connectivity index is 1.34. The molecule has 1 saturated heterocycles. The van der Waals surface area contributed by atoms with Crippen LogP contribution in [0.5, 0.6) is 5.75 Å². The van der Waals surface area contributed by atoms with E-state index in [1.807, 2.05) is 57.6 Å². The fourth-order valence-corrected chi connectivity index (χ4v) is 10.0. The van der Waals surface area contributed by atoms with E-state index in [2.05, 4.69) is 36.6 Å². The van der Waals surface area contributed by atoms with Gasteiger partial charge in [-0.25, -0.2) is 13.1 Å². The molecule has 53 heavy (non-hydrogen) atoms. The first-order valence-corrected chi connectivity index (χ1v) is 21.4. The second-order valence-corrected chi connectivity index (χ2v) is 18.0. The number of halogens is 1. The van der Waals surface area contributed by atoms with Gasteiger partial charge < -0.3 is 24.3 Å². The average molecular weight is 768 g/mol. The topological polar surface area (TPSA) is 104 Å². The van der Waals surface area contributed by atoms with Crippen molar-refractivity contribution in [3.63, 3.8) is 0 Å².